The van der Waals surface area contributed by atoms with E-state index in [0.717, 1.165) is 31.4 Å². The third-order valence-electron chi connectivity index (χ3n) is 4.15. The first-order valence-corrected chi connectivity index (χ1v) is 9.24. The zero-order valence-corrected chi connectivity index (χ0v) is 15.6. The summed E-state index contributed by atoms with van der Waals surface area (Å²) in [4.78, 5) is 16.2. The summed E-state index contributed by atoms with van der Waals surface area (Å²) in [5, 5.41) is 6.39. The molecule has 0 saturated carbocycles. The molecule has 126 valence electrons. The van der Waals surface area contributed by atoms with Gasteiger partial charge in [0.1, 0.15) is 4.83 Å². The van der Waals surface area contributed by atoms with Crippen molar-refractivity contribution in [3.05, 3.63) is 51.5 Å². The van der Waals surface area contributed by atoms with Crippen LogP contribution < -0.4 is 0 Å². The number of halogens is 1. The summed E-state index contributed by atoms with van der Waals surface area (Å²) in [5.41, 5.74) is 1.96. The number of nitrogens with zero attached hydrogens (tertiary/aromatic N) is 3. The van der Waals surface area contributed by atoms with Crippen LogP contribution in [-0.2, 0) is 6.54 Å². The molecule has 0 spiro atoms. The topological polar surface area (TPSA) is 38.1 Å². The fraction of sp³-hybridized carbons (Fsp3) is 0.333. The first kappa shape index (κ1) is 17.0. The van der Waals surface area contributed by atoms with Gasteiger partial charge in [-0.1, -0.05) is 29.8 Å². The third-order valence-corrected chi connectivity index (χ3v) is 5.65. The summed E-state index contributed by atoms with van der Waals surface area (Å²) in [5.74, 6) is 0.0879. The monoisotopic (exact) mass is 361 g/mol. The summed E-state index contributed by atoms with van der Waals surface area (Å²) < 4.78 is 1.94. The molecule has 0 fully saturated rings. The quantitative estimate of drug-likeness (QED) is 0.666. The second kappa shape index (κ2) is 6.95. The maximum Gasteiger partial charge on any atom is 0.264 e. The average Bonchev–Trinajstić information content (AvgIpc) is 3.12. The number of thiophene rings is 1. The van der Waals surface area contributed by atoms with Gasteiger partial charge in [0.05, 0.1) is 17.1 Å². The number of aryl methyl sites for hydroxylation is 1. The minimum Gasteiger partial charge on any atom is -0.339 e. The highest BCUT2D eigenvalue weighted by molar-refractivity contribution is 7.20. The molecule has 24 heavy (non-hydrogen) atoms. The first-order valence-electron chi connectivity index (χ1n) is 8.04. The summed E-state index contributed by atoms with van der Waals surface area (Å²) in [7, 11) is 0. The predicted molar refractivity (Wildman–Crippen MR) is 100 cm³/mol. The molecular formula is C18H20ClN3OS. The number of benzene rings is 1. The van der Waals surface area contributed by atoms with E-state index in [1.54, 1.807) is 0 Å². The molecule has 0 radical (unpaired) electrons. The van der Waals surface area contributed by atoms with E-state index in [0.29, 0.717) is 19.6 Å². The Kier molecular flexibility index (Phi) is 4.92. The number of amides is 1. The van der Waals surface area contributed by atoms with Crippen LogP contribution in [0.25, 0.3) is 10.2 Å². The van der Waals surface area contributed by atoms with Gasteiger partial charge in [0.25, 0.3) is 5.91 Å². The minimum atomic E-state index is 0.0879. The van der Waals surface area contributed by atoms with E-state index in [4.69, 9.17) is 11.6 Å². The van der Waals surface area contributed by atoms with Gasteiger partial charge < -0.3 is 4.90 Å². The molecule has 0 N–H and O–H groups in total. The van der Waals surface area contributed by atoms with E-state index in [2.05, 4.69) is 5.10 Å². The standard InChI is InChI=1S/C18H20ClN3OS/c1-4-21(5-2)17(23)16-10-14-12(3)20-22(18(14)24-16)11-13-8-6-7-9-15(13)19/h6-10H,4-5,11H2,1-3H3. The fourth-order valence-electron chi connectivity index (χ4n) is 2.78. The molecular weight excluding hydrogens is 342 g/mol. The number of hydrogen-bond donors (Lipinski definition) is 0. The molecule has 0 unspecified atom stereocenters. The Hall–Kier alpha value is -1.85. The molecule has 0 aliphatic heterocycles. The largest absolute Gasteiger partial charge is 0.339 e. The van der Waals surface area contributed by atoms with Crippen LogP contribution >= 0.6 is 22.9 Å². The van der Waals surface area contributed by atoms with E-state index < -0.39 is 0 Å². The number of aromatic nitrogens is 2. The Morgan fingerprint density at radius 1 is 1.29 bits per heavy atom. The molecule has 2 aromatic heterocycles. The van der Waals surface area contributed by atoms with E-state index in [1.165, 1.54) is 11.3 Å². The Labute approximate surface area is 150 Å². The molecule has 6 heteroatoms. The summed E-state index contributed by atoms with van der Waals surface area (Å²) in [6.45, 7) is 8.01. The smallest absolute Gasteiger partial charge is 0.264 e. The Bertz CT molecular complexity index is 880. The van der Waals surface area contributed by atoms with E-state index in [-0.39, 0.29) is 5.91 Å². The molecule has 1 amide bonds. The molecule has 0 saturated heterocycles. The van der Waals surface area contributed by atoms with Crippen molar-refractivity contribution in [2.24, 2.45) is 0 Å². The van der Waals surface area contributed by atoms with Crippen LogP contribution in [0.1, 0.15) is 34.8 Å². The van der Waals surface area contributed by atoms with Gasteiger partial charge in [0, 0.05) is 23.5 Å². The highest BCUT2D eigenvalue weighted by Gasteiger charge is 2.19. The van der Waals surface area contributed by atoms with Crippen molar-refractivity contribution in [1.29, 1.82) is 0 Å². The lowest BCUT2D eigenvalue weighted by molar-refractivity contribution is 0.0778. The second-order valence-corrected chi connectivity index (χ2v) is 7.08. The van der Waals surface area contributed by atoms with Crippen molar-refractivity contribution in [3.63, 3.8) is 0 Å². The molecule has 0 bridgehead atoms. The number of carbonyl (C=O) groups is 1. The SMILES string of the molecule is CCN(CC)C(=O)c1cc2c(C)nn(Cc3ccccc3Cl)c2s1. The lowest BCUT2D eigenvalue weighted by Crippen LogP contribution is -2.29. The number of fused-ring (bicyclic) bond motifs is 1. The Balaban J connectivity index is 1.99. The lowest BCUT2D eigenvalue weighted by atomic mass is 10.2. The zero-order chi connectivity index (χ0) is 17.3. The van der Waals surface area contributed by atoms with Gasteiger partial charge in [-0.3, -0.25) is 9.48 Å². The fourth-order valence-corrected chi connectivity index (χ4v) is 4.10. The van der Waals surface area contributed by atoms with Crippen LogP contribution in [0, 0.1) is 6.92 Å². The second-order valence-electron chi connectivity index (χ2n) is 5.64. The Morgan fingerprint density at radius 3 is 2.67 bits per heavy atom. The lowest BCUT2D eigenvalue weighted by Gasteiger charge is -2.17. The van der Waals surface area contributed by atoms with Gasteiger partial charge in [-0.25, -0.2) is 0 Å². The van der Waals surface area contributed by atoms with Gasteiger partial charge >= 0.3 is 0 Å². The van der Waals surface area contributed by atoms with E-state index >= 15 is 0 Å². The van der Waals surface area contributed by atoms with Gasteiger partial charge in [0.2, 0.25) is 0 Å². The van der Waals surface area contributed by atoms with Crippen LogP contribution in [0.2, 0.25) is 5.02 Å². The minimum absolute atomic E-state index is 0.0879. The number of rotatable bonds is 5. The normalized spacial score (nSPS) is 11.2. The third kappa shape index (κ3) is 3.06. The maximum atomic E-state index is 12.6. The van der Waals surface area contributed by atoms with E-state index in [9.17, 15) is 4.79 Å². The highest BCUT2D eigenvalue weighted by atomic mass is 35.5. The van der Waals surface area contributed by atoms with Gasteiger partial charge in [-0.2, -0.15) is 5.10 Å². The molecule has 3 aromatic rings. The Morgan fingerprint density at radius 2 is 2.00 bits per heavy atom. The van der Waals surface area contributed by atoms with Crippen LogP contribution in [-0.4, -0.2) is 33.7 Å². The predicted octanol–water partition coefficient (Wildman–Crippen LogP) is 4.59. The number of carbonyl (C=O) groups excluding carboxylic acids is 1. The van der Waals surface area contributed by atoms with Gasteiger partial charge in [0.15, 0.2) is 0 Å². The summed E-state index contributed by atoms with van der Waals surface area (Å²) >= 11 is 7.77. The van der Waals surface area contributed by atoms with Crippen molar-refractivity contribution >= 4 is 39.1 Å². The van der Waals surface area contributed by atoms with Gasteiger partial charge in [-0.15, -0.1) is 11.3 Å². The molecule has 4 nitrogen and oxygen atoms in total. The molecule has 0 aliphatic rings. The zero-order valence-electron chi connectivity index (χ0n) is 14.0. The van der Waals surface area contributed by atoms with Crippen molar-refractivity contribution in [1.82, 2.24) is 14.7 Å². The van der Waals surface area contributed by atoms with Crippen molar-refractivity contribution < 1.29 is 4.79 Å². The van der Waals surface area contributed by atoms with Crippen molar-refractivity contribution in [2.75, 3.05) is 13.1 Å². The molecule has 2 heterocycles. The van der Waals surface area contributed by atoms with Crippen molar-refractivity contribution in [3.8, 4) is 0 Å². The number of hydrogen-bond acceptors (Lipinski definition) is 3. The van der Waals surface area contributed by atoms with Crippen LogP contribution in [0.15, 0.2) is 30.3 Å². The maximum absolute atomic E-state index is 12.6. The van der Waals surface area contributed by atoms with E-state index in [1.807, 2.05) is 60.7 Å². The van der Waals surface area contributed by atoms with Crippen molar-refractivity contribution in [2.45, 2.75) is 27.3 Å². The summed E-state index contributed by atoms with van der Waals surface area (Å²) in [6, 6.07) is 9.74. The van der Waals surface area contributed by atoms with Crippen LogP contribution in [0.3, 0.4) is 0 Å². The average molecular weight is 362 g/mol. The molecule has 0 atom stereocenters. The van der Waals surface area contributed by atoms with Gasteiger partial charge in [-0.05, 0) is 38.5 Å². The summed E-state index contributed by atoms with van der Waals surface area (Å²) in [6.07, 6.45) is 0. The van der Waals surface area contributed by atoms with Crippen LogP contribution in [0.5, 0.6) is 0 Å². The highest BCUT2D eigenvalue weighted by Crippen LogP contribution is 2.30. The molecule has 3 rings (SSSR count). The van der Waals surface area contributed by atoms with Crippen LogP contribution in [0.4, 0.5) is 0 Å². The first-order chi connectivity index (χ1) is 11.5. The molecule has 1 aromatic carbocycles. The molecule has 0 aliphatic carbocycles.